The number of carbonyl (C=O) groups excluding carboxylic acids is 1. The Labute approximate surface area is 250 Å². The number of hydrogen-bond donors (Lipinski definition) is 6. The highest BCUT2D eigenvalue weighted by molar-refractivity contribution is 8.25. The van der Waals surface area contributed by atoms with Gasteiger partial charge in [0.05, 0.1) is 30.7 Å². The number of anilines is 2. The van der Waals surface area contributed by atoms with Crippen molar-refractivity contribution in [3.05, 3.63) is 89.0 Å². The van der Waals surface area contributed by atoms with Crippen LogP contribution >= 0.6 is 10.8 Å². The van der Waals surface area contributed by atoms with E-state index in [1.807, 2.05) is 68.4 Å². The maximum Gasteiger partial charge on any atom is 0.251 e. The largest absolute Gasteiger partial charge is 0.496 e. The Morgan fingerprint density at radius 1 is 1.07 bits per heavy atom. The van der Waals surface area contributed by atoms with Gasteiger partial charge in [-0.3, -0.25) is 18.2 Å². The Morgan fingerprint density at radius 2 is 1.86 bits per heavy atom. The second-order valence-corrected chi connectivity index (χ2v) is 12.8. The fourth-order valence-electron chi connectivity index (χ4n) is 5.27. The Hall–Kier alpha value is -3.28. The molecule has 0 saturated carbocycles. The third-order valence-corrected chi connectivity index (χ3v) is 9.53. The van der Waals surface area contributed by atoms with E-state index < -0.39 is 22.9 Å². The fraction of sp³-hybridized carbons (Fsp3) is 0.406. The van der Waals surface area contributed by atoms with Crippen LogP contribution in [0.3, 0.4) is 0 Å². The number of amides is 1. The molecule has 1 amide bonds. The molecule has 3 aromatic carbocycles. The number of nitrogens with zero attached hydrogens (tertiary/aromatic N) is 1. The standard InChI is InChI=1S/C32H44N4O5S/c1-4-34-27-18-26(19-28(20-27)36-15-8-9-16-42(36,39)40)32(38)35-29(17-24-11-6-5-7-12-24)30(37)22-33-21-25-13-10-14-31(41-3)23(25)2/h5-7,10-14,18-20,29-30,33-34,37,39-40H,4,8-9,15-17,21-22H2,1-3H3,(H,35,38). The minimum atomic E-state index is -2.95. The van der Waals surface area contributed by atoms with Gasteiger partial charge in [0.1, 0.15) is 5.75 Å². The third kappa shape index (κ3) is 8.17. The molecule has 1 saturated heterocycles. The second-order valence-electron chi connectivity index (χ2n) is 10.7. The van der Waals surface area contributed by atoms with Crippen LogP contribution in [0.25, 0.3) is 0 Å². The van der Waals surface area contributed by atoms with E-state index in [1.165, 1.54) is 0 Å². The van der Waals surface area contributed by atoms with E-state index in [4.69, 9.17) is 4.74 Å². The summed E-state index contributed by atoms with van der Waals surface area (Å²) < 4.78 is 28.5. The summed E-state index contributed by atoms with van der Waals surface area (Å²) >= 11 is 0. The summed E-state index contributed by atoms with van der Waals surface area (Å²) in [6.45, 7) is 5.94. The van der Waals surface area contributed by atoms with Crippen molar-refractivity contribution in [3.63, 3.8) is 0 Å². The summed E-state index contributed by atoms with van der Waals surface area (Å²) in [5.74, 6) is 0.787. The lowest BCUT2D eigenvalue weighted by Gasteiger charge is -2.47. The molecule has 9 nitrogen and oxygen atoms in total. The molecule has 0 aromatic heterocycles. The van der Waals surface area contributed by atoms with Crippen molar-refractivity contribution < 1.29 is 23.7 Å². The number of hydrogen-bond acceptors (Lipinski definition) is 8. The summed E-state index contributed by atoms with van der Waals surface area (Å²) in [6, 6.07) is 20.4. The zero-order valence-electron chi connectivity index (χ0n) is 24.7. The molecule has 228 valence electrons. The summed E-state index contributed by atoms with van der Waals surface area (Å²) in [6.07, 6.45) is 1.17. The molecule has 1 aliphatic rings. The number of benzene rings is 3. The van der Waals surface area contributed by atoms with Crippen LogP contribution < -0.4 is 25.0 Å². The molecule has 3 aromatic rings. The maximum absolute atomic E-state index is 13.7. The van der Waals surface area contributed by atoms with Crippen LogP contribution in [0.15, 0.2) is 66.7 Å². The quantitative estimate of drug-likeness (QED) is 0.159. The zero-order chi connectivity index (χ0) is 30.1. The van der Waals surface area contributed by atoms with Gasteiger partial charge in [-0.05, 0) is 74.1 Å². The van der Waals surface area contributed by atoms with Crippen molar-refractivity contribution in [1.82, 2.24) is 10.6 Å². The molecule has 0 aliphatic carbocycles. The van der Waals surface area contributed by atoms with Gasteiger partial charge in [0.15, 0.2) is 0 Å². The molecule has 2 unspecified atom stereocenters. The smallest absolute Gasteiger partial charge is 0.251 e. The van der Waals surface area contributed by atoms with Gasteiger partial charge >= 0.3 is 0 Å². The molecule has 10 heteroatoms. The van der Waals surface area contributed by atoms with E-state index in [0.717, 1.165) is 41.0 Å². The maximum atomic E-state index is 13.7. The first-order valence-electron chi connectivity index (χ1n) is 14.5. The number of methoxy groups -OCH3 is 1. The topological polar surface area (TPSA) is 126 Å². The van der Waals surface area contributed by atoms with Gasteiger partial charge in [-0.15, -0.1) is 10.8 Å². The normalized spacial score (nSPS) is 16.8. The molecule has 6 N–H and O–H groups in total. The lowest BCUT2D eigenvalue weighted by Crippen LogP contribution is -2.48. The Balaban J connectivity index is 1.53. The first-order chi connectivity index (χ1) is 20.2. The third-order valence-electron chi connectivity index (χ3n) is 7.60. The van der Waals surface area contributed by atoms with Crippen molar-refractivity contribution in [2.45, 2.75) is 51.8 Å². The van der Waals surface area contributed by atoms with Crippen LogP contribution in [0.5, 0.6) is 5.75 Å². The highest BCUT2D eigenvalue weighted by atomic mass is 32.3. The van der Waals surface area contributed by atoms with Gasteiger partial charge in [0.25, 0.3) is 5.91 Å². The minimum absolute atomic E-state index is 0.270. The van der Waals surface area contributed by atoms with Crippen molar-refractivity contribution in [3.8, 4) is 5.75 Å². The van der Waals surface area contributed by atoms with Crippen LogP contribution in [0, 0.1) is 6.92 Å². The number of aliphatic hydroxyl groups is 1. The Morgan fingerprint density at radius 3 is 2.57 bits per heavy atom. The van der Waals surface area contributed by atoms with E-state index in [1.54, 1.807) is 23.5 Å². The average Bonchev–Trinajstić information content (AvgIpc) is 2.98. The lowest BCUT2D eigenvalue weighted by atomic mass is 10.00. The Kier molecular flexibility index (Phi) is 11.1. The molecule has 0 bridgehead atoms. The van der Waals surface area contributed by atoms with E-state index >= 15 is 0 Å². The van der Waals surface area contributed by atoms with Gasteiger partial charge in [0.2, 0.25) is 0 Å². The van der Waals surface area contributed by atoms with Crippen molar-refractivity contribution in [2.75, 3.05) is 42.1 Å². The van der Waals surface area contributed by atoms with Gasteiger partial charge in [-0.2, -0.15) is 0 Å². The number of aliphatic hydroxyl groups excluding tert-OH is 1. The first kappa shape index (κ1) is 31.7. The summed E-state index contributed by atoms with van der Waals surface area (Å²) in [5, 5.41) is 20.9. The molecule has 1 aliphatic heterocycles. The van der Waals surface area contributed by atoms with Crippen molar-refractivity contribution >= 4 is 28.1 Å². The molecule has 2 atom stereocenters. The molecular formula is C32H44N4O5S. The average molecular weight is 597 g/mol. The molecule has 0 spiro atoms. The molecular weight excluding hydrogens is 552 g/mol. The zero-order valence-corrected chi connectivity index (χ0v) is 25.5. The second kappa shape index (κ2) is 14.8. The van der Waals surface area contributed by atoms with E-state index in [9.17, 15) is 19.0 Å². The highest BCUT2D eigenvalue weighted by Crippen LogP contribution is 2.50. The van der Waals surface area contributed by atoms with Crippen molar-refractivity contribution in [2.24, 2.45) is 0 Å². The van der Waals surface area contributed by atoms with Crippen LogP contribution in [0.1, 0.15) is 46.8 Å². The van der Waals surface area contributed by atoms with Crippen molar-refractivity contribution in [1.29, 1.82) is 0 Å². The summed E-state index contributed by atoms with van der Waals surface area (Å²) in [7, 11) is -1.30. The van der Waals surface area contributed by atoms with Crippen LogP contribution in [-0.4, -0.2) is 64.8 Å². The molecule has 0 radical (unpaired) electrons. The predicted molar refractivity (Wildman–Crippen MR) is 172 cm³/mol. The van der Waals surface area contributed by atoms with Crippen LogP contribution in [0.2, 0.25) is 0 Å². The monoisotopic (exact) mass is 596 g/mol. The van der Waals surface area contributed by atoms with Gasteiger partial charge < -0.3 is 25.8 Å². The number of ether oxygens (including phenoxy) is 1. The molecule has 42 heavy (non-hydrogen) atoms. The fourth-order valence-corrected chi connectivity index (χ4v) is 6.95. The van der Waals surface area contributed by atoms with E-state index in [2.05, 4.69) is 16.0 Å². The SMILES string of the molecule is CCNc1cc(C(=O)NC(Cc2ccccc2)C(O)CNCc2cccc(OC)c2C)cc(N2CCCCS2(O)O)c1. The predicted octanol–water partition coefficient (Wildman–Crippen LogP) is 5.19. The molecule has 4 rings (SSSR count). The van der Waals surface area contributed by atoms with Gasteiger partial charge in [0, 0.05) is 37.4 Å². The van der Waals surface area contributed by atoms with E-state index in [-0.39, 0.29) is 12.5 Å². The lowest BCUT2D eigenvalue weighted by molar-refractivity contribution is 0.0830. The minimum Gasteiger partial charge on any atom is -0.496 e. The van der Waals surface area contributed by atoms with Crippen LogP contribution in [0.4, 0.5) is 11.4 Å². The van der Waals surface area contributed by atoms with Crippen LogP contribution in [-0.2, 0) is 13.0 Å². The summed E-state index contributed by atoms with van der Waals surface area (Å²) in [5.41, 5.74) is 4.80. The highest BCUT2D eigenvalue weighted by Gasteiger charge is 2.28. The summed E-state index contributed by atoms with van der Waals surface area (Å²) in [4.78, 5) is 13.7. The van der Waals surface area contributed by atoms with E-state index in [0.29, 0.717) is 43.1 Å². The van der Waals surface area contributed by atoms with Gasteiger partial charge in [-0.1, -0.05) is 42.5 Å². The molecule has 1 fully saturated rings. The van der Waals surface area contributed by atoms with Gasteiger partial charge in [-0.25, -0.2) is 0 Å². The number of carbonyl (C=O) groups is 1. The molecule has 1 heterocycles. The first-order valence-corrected chi connectivity index (χ1v) is 16.2. The number of rotatable bonds is 13. The Bertz CT molecular complexity index is 1320. The number of nitrogens with one attached hydrogen (secondary N) is 3.